The number of imide groups is 1. The van der Waals surface area contributed by atoms with E-state index in [-0.39, 0.29) is 29.0 Å². The third-order valence-corrected chi connectivity index (χ3v) is 6.86. The summed E-state index contributed by atoms with van der Waals surface area (Å²) in [6.07, 6.45) is 3.87. The van der Waals surface area contributed by atoms with Crippen molar-refractivity contribution >= 4 is 18.2 Å². The Morgan fingerprint density at radius 1 is 1.22 bits per heavy atom. The van der Waals surface area contributed by atoms with Crippen molar-refractivity contribution in [3.05, 3.63) is 71.0 Å². The standard InChI is InChI=1S/C18H28N2O2.C11H12FNO2/c1-15(2)14-18(9-11-19-22)10-13-20(17(18)21)12-8-16-6-4-3-5-7-16;1-3-13(7-14)11(15)9-5-4-6-10(12)8(9)2/h3-7,15,19,22H,8-14H2,1-2H3;4-7H,3H2,1-2H3. The number of carbonyl (C=O) groups is 3. The lowest BCUT2D eigenvalue weighted by Gasteiger charge is -2.29. The number of hydroxylamine groups is 1. The van der Waals surface area contributed by atoms with Crippen LogP contribution in [0, 0.1) is 24.1 Å². The van der Waals surface area contributed by atoms with Crippen LogP contribution in [0.25, 0.3) is 0 Å². The zero-order chi connectivity index (χ0) is 27.4. The van der Waals surface area contributed by atoms with Gasteiger partial charge >= 0.3 is 0 Å². The Hall–Kier alpha value is -3.10. The van der Waals surface area contributed by atoms with Gasteiger partial charge in [-0.1, -0.05) is 50.2 Å². The fourth-order valence-electron chi connectivity index (χ4n) is 4.87. The van der Waals surface area contributed by atoms with Crippen molar-refractivity contribution < 1.29 is 24.0 Å². The van der Waals surface area contributed by atoms with Crippen molar-refractivity contribution in [2.45, 2.75) is 53.4 Å². The molecular weight excluding hydrogens is 473 g/mol. The average Bonchev–Trinajstić information content (AvgIpc) is 3.19. The minimum Gasteiger partial charge on any atom is -0.342 e. The molecule has 1 aliphatic rings. The molecule has 3 amide bonds. The Bertz CT molecular complexity index is 1030. The Morgan fingerprint density at radius 2 is 1.92 bits per heavy atom. The SMILES string of the molecule is CC(C)CC1(CCNO)CCN(CCc2ccccc2)C1=O.CCN(C=O)C(=O)c1cccc(F)c1C. The summed E-state index contributed by atoms with van der Waals surface area (Å²) >= 11 is 0. The molecule has 0 aromatic heterocycles. The monoisotopic (exact) mass is 513 g/mol. The highest BCUT2D eigenvalue weighted by atomic mass is 19.1. The second-order valence-electron chi connectivity index (χ2n) is 9.92. The Morgan fingerprint density at radius 3 is 2.51 bits per heavy atom. The lowest BCUT2D eigenvalue weighted by Crippen LogP contribution is -2.38. The van der Waals surface area contributed by atoms with Gasteiger partial charge in [0.05, 0.1) is 5.41 Å². The topological polar surface area (TPSA) is 89.9 Å². The molecule has 1 atom stereocenters. The van der Waals surface area contributed by atoms with E-state index in [0.717, 1.165) is 37.3 Å². The van der Waals surface area contributed by atoms with Crippen LogP contribution >= 0.6 is 0 Å². The fraction of sp³-hybridized carbons (Fsp3) is 0.483. The van der Waals surface area contributed by atoms with Gasteiger partial charge in [0, 0.05) is 31.7 Å². The first kappa shape index (κ1) is 30.1. The summed E-state index contributed by atoms with van der Waals surface area (Å²) in [5, 5.41) is 8.90. The van der Waals surface area contributed by atoms with Crippen LogP contribution < -0.4 is 5.48 Å². The molecule has 1 fully saturated rings. The molecule has 202 valence electrons. The van der Waals surface area contributed by atoms with E-state index in [9.17, 15) is 18.8 Å². The third kappa shape index (κ3) is 8.20. The number of halogens is 1. The fourth-order valence-corrected chi connectivity index (χ4v) is 4.87. The van der Waals surface area contributed by atoms with Crippen molar-refractivity contribution in [1.82, 2.24) is 15.3 Å². The van der Waals surface area contributed by atoms with E-state index in [1.165, 1.54) is 30.7 Å². The maximum atomic E-state index is 13.2. The van der Waals surface area contributed by atoms with Crippen LogP contribution in [0.2, 0.25) is 0 Å². The summed E-state index contributed by atoms with van der Waals surface area (Å²) in [6, 6.07) is 14.5. The lowest BCUT2D eigenvalue weighted by molar-refractivity contribution is -0.137. The smallest absolute Gasteiger partial charge is 0.260 e. The molecule has 0 spiro atoms. The van der Waals surface area contributed by atoms with Gasteiger partial charge in [0.15, 0.2) is 0 Å². The van der Waals surface area contributed by atoms with E-state index >= 15 is 0 Å². The molecule has 1 aliphatic heterocycles. The molecule has 3 rings (SSSR count). The van der Waals surface area contributed by atoms with Crippen molar-refractivity contribution in [3.8, 4) is 0 Å². The van der Waals surface area contributed by atoms with Crippen LogP contribution in [-0.2, 0) is 16.0 Å². The normalized spacial score (nSPS) is 16.9. The number of nitrogens with one attached hydrogen (secondary N) is 1. The molecule has 7 nitrogen and oxygen atoms in total. The van der Waals surface area contributed by atoms with Gasteiger partial charge in [0.2, 0.25) is 12.3 Å². The number of likely N-dealkylation sites (tertiary alicyclic amines) is 1. The van der Waals surface area contributed by atoms with Crippen LogP contribution in [0.15, 0.2) is 48.5 Å². The predicted octanol–water partition coefficient (Wildman–Crippen LogP) is 4.62. The van der Waals surface area contributed by atoms with Crippen LogP contribution in [0.3, 0.4) is 0 Å². The van der Waals surface area contributed by atoms with Gasteiger partial charge in [-0.3, -0.25) is 19.3 Å². The first-order valence-electron chi connectivity index (χ1n) is 12.9. The number of amides is 3. The third-order valence-electron chi connectivity index (χ3n) is 6.86. The minimum atomic E-state index is -0.468. The molecule has 2 aromatic rings. The summed E-state index contributed by atoms with van der Waals surface area (Å²) in [4.78, 5) is 38.2. The van der Waals surface area contributed by atoms with Crippen molar-refractivity contribution in [3.63, 3.8) is 0 Å². The van der Waals surface area contributed by atoms with Gasteiger partial charge in [0.25, 0.3) is 5.91 Å². The Labute approximate surface area is 219 Å². The molecule has 8 heteroatoms. The quantitative estimate of drug-likeness (QED) is 0.338. The van der Waals surface area contributed by atoms with Crippen molar-refractivity contribution in [2.24, 2.45) is 11.3 Å². The summed E-state index contributed by atoms with van der Waals surface area (Å²) in [6.45, 7) is 9.90. The average molecular weight is 514 g/mol. The molecule has 1 heterocycles. The van der Waals surface area contributed by atoms with Gasteiger partial charge < -0.3 is 10.1 Å². The minimum absolute atomic E-state index is 0.226. The van der Waals surface area contributed by atoms with Crippen molar-refractivity contribution in [1.29, 1.82) is 0 Å². The van der Waals surface area contributed by atoms with Crippen LogP contribution in [0.5, 0.6) is 0 Å². The Kier molecular flexibility index (Phi) is 11.9. The zero-order valence-electron chi connectivity index (χ0n) is 22.4. The van der Waals surface area contributed by atoms with E-state index in [0.29, 0.717) is 25.3 Å². The highest BCUT2D eigenvalue weighted by Gasteiger charge is 2.45. The summed E-state index contributed by atoms with van der Waals surface area (Å²) in [5.74, 6) is -0.156. The van der Waals surface area contributed by atoms with Gasteiger partial charge in [-0.25, -0.2) is 9.87 Å². The summed E-state index contributed by atoms with van der Waals surface area (Å²) < 4.78 is 13.2. The molecule has 0 aliphatic carbocycles. The number of hydrogen-bond donors (Lipinski definition) is 2. The van der Waals surface area contributed by atoms with Gasteiger partial charge in [-0.15, -0.1) is 0 Å². The van der Waals surface area contributed by atoms with Crippen LogP contribution in [-0.4, -0.2) is 59.4 Å². The second-order valence-corrected chi connectivity index (χ2v) is 9.92. The van der Waals surface area contributed by atoms with E-state index < -0.39 is 11.7 Å². The predicted molar refractivity (Wildman–Crippen MR) is 142 cm³/mol. The van der Waals surface area contributed by atoms with Gasteiger partial charge in [-0.05, 0) is 68.7 Å². The van der Waals surface area contributed by atoms with Crippen LogP contribution in [0.1, 0.15) is 61.5 Å². The molecule has 2 N–H and O–H groups in total. The first-order valence-corrected chi connectivity index (χ1v) is 12.9. The highest BCUT2D eigenvalue weighted by molar-refractivity contribution is 6.00. The van der Waals surface area contributed by atoms with Gasteiger partial charge in [-0.2, -0.15) is 0 Å². The number of hydrogen-bond acceptors (Lipinski definition) is 5. The lowest BCUT2D eigenvalue weighted by atomic mass is 9.76. The molecule has 1 saturated heterocycles. The van der Waals surface area contributed by atoms with E-state index in [2.05, 4.69) is 31.5 Å². The first-order chi connectivity index (χ1) is 17.7. The van der Waals surface area contributed by atoms with Crippen molar-refractivity contribution in [2.75, 3.05) is 26.2 Å². The molecule has 37 heavy (non-hydrogen) atoms. The van der Waals surface area contributed by atoms with E-state index in [1.54, 1.807) is 6.92 Å². The molecule has 1 unspecified atom stereocenters. The number of benzene rings is 2. The number of rotatable bonds is 11. The molecule has 0 bridgehead atoms. The molecule has 0 saturated carbocycles. The maximum absolute atomic E-state index is 13.2. The molecule has 0 radical (unpaired) electrons. The van der Waals surface area contributed by atoms with Gasteiger partial charge in [0.1, 0.15) is 5.82 Å². The molecule has 2 aromatic carbocycles. The summed E-state index contributed by atoms with van der Waals surface area (Å²) in [5.41, 5.74) is 3.69. The maximum Gasteiger partial charge on any atom is 0.260 e. The Balaban J connectivity index is 0.000000281. The largest absolute Gasteiger partial charge is 0.342 e. The van der Waals surface area contributed by atoms with E-state index in [1.807, 2.05) is 23.1 Å². The van der Waals surface area contributed by atoms with E-state index in [4.69, 9.17) is 5.21 Å². The number of nitrogens with zero attached hydrogens (tertiary/aromatic N) is 2. The zero-order valence-corrected chi connectivity index (χ0v) is 22.4. The summed E-state index contributed by atoms with van der Waals surface area (Å²) in [7, 11) is 0. The number of carbonyl (C=O) groups excluding carboxylic acids is 3. The highest BCUT2D eigenvalue weighted by Crippen LogP contribution is 2.41. The molecular formula is C29H40FN3O4. The van der Waals surface area contributed by atoms with Crippen LogP contribution in [0.4, 0.5) is 4.39 Å². The second kappa shape index (κ2) is 14.6.